The van der Waals surface area contributed by atoms with E-state index in [4.69, 9.17) is 9.47 Å². The Bertz CT molecular complexity index is 795. The van der Waals surface area contributed by atoms with Crippen LogP contribution in [0.1, 0.15) is 0 Å². The van der Waals surface area contributed by atoms with Gasteiger partial charge in [-0.15, -0.1) is 0 Å². The topological polar surface area (TPSA) is 65.2 Å². The molecule has 1 aliphatic rings. The summed E-state index contributed by atoms with van der Waals surface area (Å²) in [4.78, 5) is 27.4. The first kappa shape index (κ1) is 19.0. The smallest absolute Gasteiger partial charge is 0.250 e. The zero-order chi connectivity index (χ0) is 19.1. The van der Waals surface area contributed by atoms with Crippen LogP contribution in [0.2, 0.25) is 0 Å². The van der Waals surface area contributed by atoms with Crippen LogP contribution in [0.15, 0.2) is 53.5 Å². The zero-order valence-electron chi connectivity index (χ0n) is 15.6. The molecule has 1 aromatic carbocycles. The Hall–Kier alpha value is -2.80. The lowest BCUT2D eigenvalue weighted by Gasteiger charge is -2.32. The van der Waals surface area contributed by atoms with E-state index in [1.165, 1.54) is 15.5 Å². The lowest BCUT2D eigenvalue weighted by atomic mass is 10.3. The molecule has 3 rings (SSSR count). The second-order valence-electron chi connectivity index (χ2n) is 6.57. The van der Waals surface area contributed by atoms with Gasteiger partial charge in [0.25, 0.3) is 5.56 Å². The predicted molar refractivity (Wildman–Crippen MR) is 101 cm³/mol. The molecule has 0 aliphatic carbocycles. The minimum absolute atomic E-state index is 0.00293. The van der Waals surface area contributed by atoms with Gasteiger partial charge in [0.1, 0.15) is 31.2 Å². The lowest BCUT2D eigenvalue weighted by Crippen LogP contribution is -3.15. The third-order valence-electron chi connectivity index (χ3n) is 4.81. The van der Waals surface area contributed by atoms with Gasteiger partial charge >= 0.3 is 0 Å². The number of carbonyl (C=O) groups excluding carboxylic acids is 1. The molecule has 27 heavy (non-hydrogen) atoms. The van der Waals surface area contributed by atoms with Crippen LogP contribution in [0.3, 0.4) is 0 Å². The number of nitrogens with zero attached hydrogens (tertiary/aromatic N) is 2. The summed E-state index contributed by atoms with van der Waals surface area (Å²) in [5.74, 6) is 1.64. The fourth-order valence-electron chi connectivity index (χ4n) is 3.14. The summed E-state index contributed by atoms with van der Waals surface area (Å²) in [5.41, 5.74) is -0.147. The number of rotatable bonds is 7. The van der Waals surface area contributed by atoms with E-state index in [1.807, 2.05) is 29.2 Å². The van der Waals surface area contributed by atoms with Crippen molar-refractivity contribution in [3.05, 3.63) is 59.0 Å². The van der Waals surface area contributed by atoms with Crippen molar-refractivity contribution in [2.75, 3.05) is 46.4 Å². The lowest BCUT2D eigenvalue weighted by molar-refractivity contribution is -0.904. The van der Waals surface area contributed by atoms with Crippen LogP contribution in [0.4, 0.5) is 0 Å². The highest BCUT2D eigenvalue weighted by Gasteiger charge is 2.23. The van der Waals surface area contributed by atoms with E-state index < -0.39 is 0 Å². The summed E-state index contributed by atoms with van der Waals surface area (Å²) in [6.07, 6.45) is 1.65. The molecule has 1 N–H and O–H groups in total. The van der Waals surface area contributed by atoms with Gasteiger partial charge in [0, 0.05) is 12.3 Å². The largest absolute Gasteiger partial charge is 0.497 e. The van der Waals surface area contributed by atoms with Crippen LogP contribution in [-0.4, -0.2) is 61.8 Å². The molecule has 1 amide bonds. The Kier molecular flexibility index (Phi) is 6.49. The molecule has 0 radical (unpaired) electrons. The molecular weight excluding hydrogens is 346 g/mol. The van der Waals surface area contributed by atoms with Crippen molar-refractivity contribution < 1.29 is 19.2 Å². The van der Waals surface area contributed by atoms with E-state index in [9.17, 15) is 9.59 Å². The summed E-state index contributed by atoms with van der Waals surface area (Å²) in [7, 11) is 1.64. The highest BCUT2D eigenvalue weighted by Crippen LogP contribution is 2.16. The van der Waals surface area contributed by atoms with Crippen LogP contribution in [-0.2, 0) is 11.3 Å². The van der Waals surface area contributed by atoms with Crippen molar-refractivity contribution in [2.45, 2.75) is 6.54 Å². The van der Waals surface area contributed by atoms with E-state index in [0.29, 0.717) is 19.7 Å². The van der Waals surface area contributed by atoms with Crippen molar-refractivity contribution in [2.24, 2.45) is 0 Å². The Labute approximate surface area is 158 Å². The third-order valence-corrected chi connectivity index (χ3v) is 4.81. The number of pyridine rings is 1. The van der Waals surface area contributed by atoms with Crippen LogP contribution in [0.25, 0.3) is 0 Å². The van der Waals surface area contributed by atoms with Gasteiger partial charge in [-0.05, 0) is 30.3 Å². The monoisotopic (exact) mass is 372 g/mol. The maximum Gasteiger partial charge on any atom is 0.250 e. The fourth-order valence-corrected chi connectivity index (χ4v) is 3.14. The molecule has 7 nitrogen and oxygen atoms in total. The van der Waals surface area contributed by atoms with Crippen LogP contribution < -0.4 is 19.9 Å². The molecule has 7 heteroatoms. The van der Waals surface area contributed by atoms with Crippen LogP contribution >= 0.6 is 0 Å². The second kappa shape index (κ2) is 9.23. The minimum Gasteiger partial charge on any atom is -0.497 e. The van der Waals surface area contributed by atoms with E-state index in [-0.39, 0.29) is 18.0 Å². The van der Waals surface area contributed by atoms with E-state index in [1.54, 1.807) is 25.4 Å². The first-order valence-corrected chi connectivity index (χ1v) is 9.19. The maximum absolute atomic E-state index is 12.4. The van der Waals surface area contributed by atoms with Gasteiger partial charge in [-0.2, -0.15) is 0 Å². The van der Waals surface area contributed by atoms with E-state index >= 15 is 0 Å². The van der Waals surface area contributed by atoms with E-state index in [0.717, 1.165) is 31.1 Å². The fraction of sp³-hybridized carbons (Fsp3) is 0.400. The van der Waals surface area contributed by atoms with Crippen molar-refractivity contribution in [1.29, 1.82) is 0 Å². The number of quaternary nitrogens is 1. The quantitative estimate of drug-likeness (QED) is 0.723. The summed E-state index contributed by atoms with van der Waals surface area (Å²) < 4.78 is 12.4. The summed E-state index contributed by atoms with van der Waals surface area (Å²) in [6, 6.07) is 12.5. The molecule has 1 saturated heterocycles. The van der Waals surface area contributed by atoms with Gasteiger partial charge in [-0.25, -0.2) is 0 Å². The minimum atomic E-state index is -0.147. The molecule has 0 bridgehead atoms. The normalized spacial score (nSPS) is 14.8. The van der Waals surface area contributed by atoms with Gasteiger partial charge in [0.2, 0.25) is 5.91 Å². The molecular formula is C20H26N3O4+. The average Bonchev–Trinajstić information content (AvgIpc) is 2.71. The number of benzene rings is 1. The molecule has 0 atom stereocenters. The Morgan fingerprint density at radius 1 is 1.07 bits per heavy atom. The van der Waals surface area contributed by atoms with Gasteiger partial charge in [-0.1, -0.05) is 6.07 Å². The second-order valence-corrected chi connectivity index (χ2v) is 6.57. The zero-order valence-corrected chi connectivity index (χ0v) is 15.6. The van der Waals surface area contributed by atoms with Gasteiger partial charge in [0.05, 0.1) is 33.3 Å². The van der Waals surface area contributed by atoms with E-state index in [2.05, 4.69) is 0 Å². The number of carbonyl (C=O) groups is 1. The summed E-state index contributed by atoms with van der Waals surface area (Å²) >= 11 is 0. The van der Waals surface area contributed by atoms with Gasteiger partial charge in [0.15, 0.2) is 0 Å². The molecule has 0 unspecified atom stereocenters. The number of ether oxygens (including phenoxy) is 2. The number of aromatic nitrogens is 1. The first-order chi connectivity index (χ1) is 13.2. The standard InChI is InChI=1S/C20H25N3O4/c1-26-17-5-7-18(8-6-17)27-15-14-21-10-12-22(13-11-21)20(25)16-23-9-3-2-4-19(23)24/h2-9H,10-16H2,1H3/p+1. The number of nitrogens with one attached hydrogen (secondary N) is 1. The highest BCUT2D eigenvalue weighted by atomic mass is 16.5. The van der Waals surface area contributed by atoms with Crippen molar-refractivity contribution >= 4 is 5.91 Å². The molecule has 144 valence electrons. The highest BCUT2D eigenvalue weighted by molar-refractivity contribution is 5.76. The molecule has 1 aliphatic heterocycles. The number of hydrogen-bond acceptors (Lipinski definition) is 4. The Morgan fingerprint density at radius 2 is 1.78 bits per heavy atom. The average molecular weight is 372 g/mol. The van der Waals surface area contributed by atoms with Crippen molar-refractivity contribution in [1.82, 2.24) is 9.47 Å². The summed E-state index contributed by atoms with van der Waals surface area (Å²) in [6.45, 7) is 4.83. The van der Waals surface area contributed by atoms with Crippen molar-refractivity contribution in [3.63, 3.8) is 0 Å². The molecule has 0 spiro atoms. The molecule has 2 aromatic rings. The number of amides is 1. The number of methoxy groups -OCH3 is 1. The Morgan fingerprint density at radius 3 is 2.44 bits per heavy atom. The predicted octanol–water partition coefficient (Wildman–Crippen LogP) is -0.337. The molecule has 0 saturated carbocycles. The maximum atomic E-state index is 12.4. The first-order valence-electron chi connectivity index (χ1n) is 9.19. The number of hydrogen-bond donors (Lipinski definition) is 1. The van der Waals surface area contributed by atoms with Crippen LogP contribution in [0.5, 0.6) is 11.5 Å². The summed E-state index contributed by atoms with van der Waals surface area (Å²) in [5, 5.41) is 0. The number of piperazine rings is 1. The molecule has 2 heterocycles. The Balaban J connectivity index is 1.38. The molecule has 1 aromatic heterocycles. The van der Waals surface area contributed by atoms with Gasteiger partial charge in [-0.3, -0.25) is 9.59 Å². The van der Waals surface area contributed by atoms with Gasteiger partial charge < -0.3 is 23.8 Å². The van der Waals surface area contributed by atoms with Crippen LogP contribution in [0, 0.1) is 0 Å². The van der Waals surface area contributed by atoms with Crippen molar-refractivity contribution in [3.8, 4) is 11.5 Å². The third kappa shape index (κ3) is 5.34. The molecule has 1 fully saturated rings. The SMILES string of the molecule is COc1ccc(OCC[NH+]2CCN(C(=O)Cn3ccccc3=O)CC2)cc1.